The molecule has 2 aromatic carbocycles. The SMILES string of the molecule is CN(Cc1ccccc1)C(=O)c1cc2n(n1)CCN(Cc1ccc(Cl)c(Cl)c1)C2=O. The van der Waals surface area contributed by atoms with Gasteiger partial charge in [0, 0.05) is 32.7 Å². The summed E-state index contributed by atoms with van der Waals surface area (Å²) in [5.41, 5.74) is 2.61. The Morgan fingerprint density at radius 2 is 1.80 bits per heavy atom. The van der Waals surface area contributed by atoms with Crippen LogP contribution in [0.2, 0.25) is 10.0 Å². The first-order chi connectivity index (χ1) is 14.4. The van der Waals surface area contributed by atoms with Crippen molar-refractivity contribution in [3.63, 3.8) is 0 Å². The smallest absolute Gasteiger partial charge is 0.274 e. The molecule has 0 saturated carbocycles. The second kappa shape index (κ2) is 8.50. The van der Waals surface area contributed by atoms with Gasteiger partial charge in [0.1, 0.15) is 5.69 Å². The molecule has 0 bridgehead atoms. The summed E-state index contributed by atoms with van der Waals surface area (Å²) in [6, 6.07) is 16.6. The van der Waals surface area contributed by atoms with Crippen molar-refractivity contribution in [1.29, 1.82) is 0 Å². The first-order valence-electron chi connectivity index (χ1n) is 9.53. The summed E-state index contributed by atoms with van der Waals surface area (Å²) in [6.45, 7) is 1.91. The van der Waals surface area contributed by atoms with Gasteiger partial charge < -0.3 is 9.80 Å². The van der Waals surface area contributed by atoms with E-state index in [2.05, 4.69) is 5.10 Å². The third-order valence-corrected chi connectivity index (χ3v) is 5.79. The van der Waals surface area contributed by atoms with Crippen LogP contribution in [0.4, 0.5) is 0 Å². The number of amides is 2. The molecule has 154 valence electrons. The molecule has 0 fully saturated rings. The Morgan fingerprint density at radius 1 is 1.03 bits per heavy atom. The third kappa shape index (κ3) is 4.20. The van der Waals surface area contributed by atoms with Crippen molar-refractivity contribution in [1.82, 2.24) is 19.6 Å². The highest BCUT2D eigenvalue weighted by Crippen LogP contribution is 2.24. The van der Waals surface area contributed by atoms with E-state index >= 15 is 0 Å². The van der Waals surface area contributed by atoms with Gasteiger partial charge in [-0.1, -0.05) is 59.6 Å². The molecule has 1 aliphatic rings. The van der Waals surface area contributed by atoms with E-state index in [-0.39, 0.29) is 17.5 Å². The van der Waals surface area contributed by atoms with E-state index in [0.29, 0.717) is 41.9 Å². The minimum atomic E-state index is -0.218. The van der Waals surface area contributed by atoms with Gasteiger partial charge in [-0.2, -0.15) is 5.10 Å². The van der Waals surface area contributed by atoms with Crippen LogP contribution in [0.1, 0.15) is 32.1 Å². The van der Waals surface area contributed by atoms with Gasteiger partial charge in [0.05, 0.1) is 16.6 Å². The number of aromatic nitrogens is 2. The van der Waals surface area contributed by atoms with Crippen LogP contribution in [0.5, 0.6) is 0 Å². The minimum Gasteiger partial charge on any atom is -0.336 e. The van der Waals surface area contributed by atoms with E-state index in [0.717, 1.165) is 11.1 Å². The van der Waals surface area contributed by atoms with Gasteiger partial charge in [0.2, 0.25) is 0 Å². The lowest BCUT2D eigenvalue weighted by atomic mass is 10.2. The maximum atomic E-state index is 13.0. The molecule has 0 N–H and O–H groups in total. The third-order valence-electron chi connectivity index (χ3n) is 5.05. The Hall–Kier alpha value is -2.83. The molecule has 0 unspecified atom stereocenters. The summed E-state index contributed by atoms with van der Waals surface area (Å²) in [5, 5.41) is 5.30. The van der Waals surface area contributed by atoms with Crippen molar-refractivity contribution in [3.8, 4) is 0 Å². The van der Waals surface area contributed by atoms with E-state index < -0.39 is 0 Å². The van der Waals surface area contributed by atoms with Crippen LogP contribution < -0.4 is 0 Å². The zero-order chi connectivity index (χ0) is 21.3. The Morgan fingerprint density at radius 3 is 2.53 bits per heavy atom. The largest absolute Gasteiger partial charge is 0.336 e. The number of benzene rings is 2. The van der Waals surface area contributed by atoms with Gasteiger partial charge in [-0.25, -0.2) is 0 Å². The Bertz CT molecular complexity index is 1100. The van der Waals surface area contributed by atoms with Gasteiger partial charge in [-0.05, 0) is 23.3 Å². The van der Waals surface area contributed by atoms with Crippen LogP contribution in [0.15, 0.2) is 54.6 Å². The van der Waals surface area contributed by atoms with Crippen molar-refractivity contribution in [2.45, 2.75) is 19.6 Å². The standard InChI is InChI=1S/C22H20Cl2N4O2/c1-26(13-15-5-3-2-4-6-15)21(29)19-12-20-22(30)27(9-10-28(20)25-19)14-16-7-8-17(23)18(24)11-16/h2-8,11-12H,9-10,13-14H2,1H3. The molecule has 8 heteroatoms. The molecule has 0 radical (unpaired) electrons. The predicted octanol–water partition coefficient (Wildman–Crippen LogP) is 4.12. The Balaban J connectivity index is 1.48. The van der Waals surface area contributed by atoms with Gasteiger partial charge in [0.15, 0.2) is 5.69 Å². The van der Waals surface area contributed by atoms with E-state index in [4.69, 9.17) is 23.2 Å². The monoisotopic (exact) mass is 442 g/mol. The molecule has 2 amide bonds. The second-order valence-electron chi connectivity index (χ2n) is 7.26. The van der Waals surface area contributed by atoms with Crippen molar-refractivity contribution in [3.05, 3.63) is 87.2 Å². The average Bonchev–Trinajstić information content (AvgIpc) is 3.18. The maximum absolute atomic E-state index is 13.0. The van der Waals surface area contributed by atoms with Gasteiger partial charge >= 0.3 is 0 Å². The van der Waals surface area contributed by atoms with Crippen molar-refractivity contribution < 1.29 is 9.59 Å². The second-order valence-corrected chi connectivity index (χ2v) is 8.07. The Labute approximate surface area is 184 Å². The number of halogens is 2. The molecular formula is C22H20Cl2N4O2. The molecule has 0 atom stereocenters. The van der Waals surface area contributed by atoms with Crippen molar-refractivity contribution in [2.24, 2.45) is 0 Å². The highest BCUT2D eigenvalue weighted by Gasteiger charge is 2.28. The number of carbonyl (C=O) groups excluding carboxylic acids is 2. The summed E-state index contributed by atoms with van der Waals surface area (Å²) in [4.78, 5) is 29.1. The first-order valence-corrected chi connectivity index (χ1v) is 10.3. The molecule has 3 aromatic rings. The normalized spacial score (nSPS) is 13.3. The lowest BCUT2D eigenvalue weighted by Gasteiger charge is -2.27. The lowest BCUT2D eigenvalue weighted by molar-refractivity contribution is 0.0682. The fraction of sp³-hybridized carbons (Fsp3) is 0.227. The highest BCUT2D eigenvalue weighted by molar-refractivity contribution is 6.42. The maximum Gasteiger partial charge on any atom is 0.274 e. The number of hydrogen-bond donors (Lipinski definition) is 0. The number of nitrogens with zero attached hydrogens (tertiary/aromatic N) is 4. The first kappa shape index (κ1) is 20.4. The summed E-state index contributed by atoms with van der Waals surface area (Å²) in [7, 11) is 1.73. The molecule has 0 spiro atoms. The summed E-state index contributed by atoms with van der Waals surface area (Å²) >= 11 is 12.1. The van der Waals surface area contributed by atoms with Crippen LogP contribution in [0.25, 0.3) is 0 Å². The highest BCUT2D eigenvalue weighted by atomic mass is 35.5. The molecule has 0 saturated heterocycles. The zero-order valence-electron chi connectivity index (χ0n) is 16.4. The fourth-order valence-corrected chi connectivity index (χ4v) is 3.80. The molecule has 6 nitrogen and oxygen atoms in total. The van der Waals surface area contributed by atoms with Gasteiger partial charge in [0.25, 0.3) is 11.8 Å². The molecule has 1 aliphatic heterocycles. The van der Waals surface area contributed by atoms with E-state index in [1.165, 1.54) is 0 Å². The number of carbonyl (C=O) groups is 2. The van der Waals surface area contributed by atoms with Crippen LogP contribution >= 0.6 is 23.2 Å². The topological polar surface area (TPSA) is 58.4 Å². The summed E-state index contributed by atoms with van der Waals surface area (Å²) < 4.78 is 1.61. The molecule has 2 heterocycles. The van der Waals surface area contributed by atoms with E-state index in [9.17, 15) is 9.59 Å². The number of rotatable bonds is 5. The van der Waals surface area contributed by atoms with Crippen molar-refractivity contribution in [2.75, 3.05) is 13.6 Å². The van der Waals surface area contributed by atoms with Crippen LogP contribution in [-0.2, 0) is 19.6 Å². The summed E-state index contributed by atoms with van der Waals surface area (Å²) in [6.07, 6.45) is 0. The van der Waals surface area contributed by atoms with Crippen LogP contribution in [0, 0.1) is 0 Å². The molecule has 1 aromatic heterocycles. The number of fused-ring (bicyclic) bond motifs is 1. The summed E-state index contributed by atoms with van der Waals surface area (Å²) in [5.74, 6) is -0.380. The van der Waals surface area contributed by atoms with E-state index in [1.54, 1.807) is 39.7 Å². The van der Waals surface area contributed by atoms with Gasteiger partial charge in [-0.3, -0.25) is 14.3 Å². The molecular weight excluding hydrogens is 423 g/mol. The lowest BCUT2D eigenvalue weighted by Crippen LogP contribution is -2.39. The van der Waals surface area contributed by atoms with Crippen LogP contribution in [0.3, 0.4) is 0 Å². The quantitative estimate of drug-likeness (QED) is 0.596. The molecule has 0 aliphatic carbocycles. The van der Waals surface area contributed by atoms with E-state index in [1.807, 2.05) is 36.4 Å². The van der Waals surface area contributed by atoms with Crippen LogP contribution in [-0.4, -0.2) is 45.0 Å². The molecule has 4 rings (SSSR count). The predicted molar refractivity (Wildman–Crippen MR) is 116 cm³/mol. The zero-order valence-corrected chi connectivity index (χ0v) is 17.9. The Kier molecular flexibility index (Phi) is 5.79. The van der Waals surface area contributed by atoms with Crippen molar-refractivity contribution >= 4 is 35.0 Å². The van der Waals surface area contributed by atoms with Gasteiger partial charge in [-0.15, -0.1) is 0 Å². The number of hydrogen-bond acceptors (Lipinski definition) is 3. The molecule has 30 heavy (non-hydrogen) atoms. The average molecular weight is 443 g/mol. The fourth-order valence-electron chi connectivity index (χ4n) is 3.48. The minimum absolute atomic E-state index is 0.162.